The van der Waals surface area contributed by atoms with Crippen molar-refractivity contribution < 1.29 is 9.90 Å². The topological polar surface area (TPSA) is 73.1 Å². The van der Waals surface area contributed by atoms with Gasteiger partial charge in [0.05, 0.1) is 21.6 Å². The predicted molar refractivity (Wildman–Crippen MR) is 89.5 cm³/mol. The number of hydrogen-bond donors (Lipinski definition) is 2. The van der Waals surface area contributed by atoms with Crippen LogP contribution < -0.4 is 5.32 Å². The van der Waals surface area contributed by atoms with Crippen LogP contribution in [0.2, 0.25) is 5.02 Å². The van der Waals surface area contributed by atoms with Crippen LogP contribution in [0.5, 0.6) is 5.75 Å². The Morgan fingerprint density at radius 2 is 2.00 bits per heavy atom. The number of aromatic hydroxyl groups is 1. The molecule has 0 aliphatic carbocycles. The van der Waals surface area contributed by atoms with E-state index in [4.69, 9.17) is 16.9 Å². The third kappa shape index (κ3) is 3.86. The van der Waals surface area contributed by atoms with Crippen molar-refractivity contribution in [3.8, 4) is 11.8 Å². The van der Waals surface area contributed by atoms with E-state index in [1.54, 1.807) is 30.3 Å². The standard InChI is InChI=1S/C15H10ClIN2O2/c16-10-7-12(14(20)13(17)8-10)15(21)19-11-3-1-9(2-4-11)5-6-18/h1-4,7-8,20H,5H2,(H,19,21). The Balaban J connectivity index is 2.20. The molecule has 6 heteroatoms. The molecule has 106 valence electrons. The van der Waals surface area contributed by atoms with Gasteiger partial charge in [-0.15, -0.1) is 0 Å². The van der Waals surface area contributed by atoms with Crippen LogP contribution in [0.4, 0.5) is 5.69 Å². The molecule has 1 amide bonds. The molecule has 0 aliphatic heterocycles. The maximum absolute atomic E-state index is 12.2. The van der Waals surface area contributed by atoms with Crippen molar-refractivity contribution in [1.82, 2.24) is 0 Å². The first-order chi connectivity index (χ1) is 10.0. The number of nitrogens with zero attached hydrogens (tertiary/aromatic N) is 1. The van der Waals surface area contributed by atoms with Gasteiger partial charge in [-0.2, -0.15) is 5.26 Å². The molecule has 0 fully saturated rings. The quantitative estimate of drug-likeness (QED) is 0.749. The lowest BCUT2D eigenvalue weighted by Gasteiger charge is -2.09. The Morgan fingerprint density at radius 3 is 2.62 bits per heavy atom. The van der Waals surface area contributed by atoms with Crippen LogP contribution in [0.3, 0.4) is 0 Å². The fourth-order valence-electron chi connectivity index (χ4n) is 1.73. The normalized spacial score (nSPS) is 9.95. The smallest absolute Gasteiger partial charge is 0.259 e. The van der Waals surface area contributed by atoms with Gasteiger partial charge in [0.25, 0.3) is 5.91 Å². The molecule has 0 aliphatic rings. The highest BCUT2D eigenvalue weighted by Gasteiger charge is 2.15. The van der Waals surface area contributed by atoms with Crippen LogP contribution in [0.15, 0.2) is 36.4 Å². The maximum atomic E-state index is 12.2. The lowest BCUT2D eigenvalue weighted by atomic mass is 10.1. The molecule has 2 aromatic rings. The summed E-state index contributed by atoms with van der Waals surface area (Å²) in [5.74, 6) is -0.542. The molecular weight excluding hydrogens is 403 g/mol. The van der Waals surface area contributed by atoms with Crippen molar-refractivity contribution in [3.05, 3.63) is 56.1 Å². The summed E-state index contributed by atoms with van der Waals surface area (Å²) >= 11 is 7.81. The highest BCUT2D eigenvalue weighted by atomic mass is 127. The third-order valence-corrected chi connectivity index (χ3v) is 3.81. The molecule has 0 aromatic heterocycles. The van der Waals surface area contributed by atoms with Crippen LogP contribution in [-0.2, 0) is 6.42 Å². The Kier molecular flexibility index (Phi) is 5.04. The monoisotopic (exact) mass is 412 g/mol. The number of phenolic OH excluding ortho intramolecular Hbond substituents is 1. The molecule has 0 unspecified atom stereocenters. The van der Waals surface area contributed by atoms with Gasteiger partial charge in [-0.05, 0) is 52.4 Å². The van der Waals surface area contributed by atoms with E-state index >= 15 is 0 Å². The number of carbonyl (C=O) groups is 1. The Labute approximate surface area is 140 Å². The minimum absolute atomic E-state index is 0.0985. The first-order valence-electron chi connectivity index (χ1n) is 5.96. The van der Waals surface area contributed by atoms with E-state index in [1.807, 2.05) is 22.6 Å². The molecule has 2 rings (SSSR count). The van der Waals surface area contributed by atoms with Crippen LogP contribution in [0.25, 0.3) is 0 Å². The van der Waals surface area contributed by atoms with E-state index in [-0.39, 0.29) is 11.3 Å². The maximum Gasteiger partial charge on any atom is 0.259 e. The SMILES string of the molecule is N#CCc1ccc(NC(=O)c2cc(Cl)cc(I)c2O)cc1. The number of amides is 1. The average molecular weight is 413 g/mol. The Morgan fingerprint density at radius 1 is 1.33 bits per heavy atom. The number of hydrogen-bond acceptors (Lipinski definition) is 3. The fraction of sp³-hybridized carbons (Fsp3) is 0.0667. The number of halogens is 2. The number of benzene rings is 2. The summed E-state index contributed by atoms with van der Waals surface area (Å²) in [4.78, 5) is 12.2. The Bertz CT molecular complexity index is 724. The van der Waals surface area contributed by atoms with Gasteiger partial charge in [-0.1, -0.05) is 23.7 Å². The van der Waals surface area contributed by atoms with Crippen LogP contribution >= 0.6 is 34.2 Å². The first-order valence-corrected chi connectivity index (χ1v) is 7.42. The van der Waals surface area contributed by atoms with Gasteiger partial charge in [-0.3, -0.25) is 4.79 Å². The van der Waals surface area contributed by atoms with Crippen molar-refractivity contribution in [2.75, 3.05) is 5.32 Å². The molecule has 2 aromatic carbocycles. The highest BCUT2D eigenvalue weighted by molar-refractivity contribution is 14.1. The number of nitrogens with one attached hydrogen (secondary N) is 1. The van der Waals surface area contributed by atoms with E-state index in [2.05, 4.69) is 11.4 Å². The predicted octanol–water partition coefficient (Wildman–Crippen LogP) is 3.97. The van der Waals surface area contributed by atoms with Gasteiger partial charge >= 0.3 is 0 Å². The Hall–Kier alpha value is -1.78. The van der Waals surface area contributed by atoms with Crippen molar-refractivity contribution in [2.24, 2.45) is 0 Å². The van der Waals surface area contributed by atoms with E-state index in [0.717, 1.165) is 5.56 Å². The lowest BCUT2D eigenvalue weighted by molar-refractivity contribution is 0.102. The fourth-order valence-corrected chi connectivity index (χ4v) is 2.76. The number of rotatable bonds is 3. The van der Waals surface area contributed by atoms with Crippen molar-refractivity contribution in [3.63, 3.8) is 0 Å². The summed E-state index contributed by atoms with van der Waals surface area (Å²) in [5, 5.41) is 21.6. The number of anilines is 1. The lowest BCUT2D eigenvalue weighted by Crippen LogP contribution is -2.12. The zero-order chi connectivity index (χ0) is 15.4. The first kappa shape index (κ1) is 15.6. The second-order valence-electron chi connectivity index (χ2n) is 4.27. The highest BCUT2D eigenvalue weighted by Crippen LogP contribution is 2.29. The second-order valence-corrected chi connectivity index (χ2v) is 5.87. The van der Waals surface area contributed by atoms with Crippen molar-refractivity contribution >= 4 is 45.8 Å². The third-order valence-electron chi connectivity index (χ3n) is 2.77. The van der Waals surface area contributed by atoms with Crippen molar-refractivity contribution in [1.29, 1.82) is 5.26 Å². The largest absolute Gasteiger partial charge is 0.506 e. The molecule has 0 atom stereocenters. The zero-order valence-electron chi connectivity index (χ0n) is 10.7. The minimum Gasteiger partial charge on any atom is -0.506 e. The number of carbonyl (C=O) groups excluding carboxylic acids is 1. The summed E-state index contributed by atoms with van der Waals surface area (Å²) in [7, 11) is 0. The molecular formula is C15H10ClIN2O2. The van der Waals surface area contributed by atoms with E-state index in [0.29, 0.717) is 20.7 Å². The molecule has 0 heterocycles. The van der Waals surface area contributed by atoms with Gasteiger partial charge < -0.3 is 10.4 Å². The molecule has 2 N–H and O–H groups in total. The van der Waals surface area contributed by atoms with Gasteiger partial charge in [0, 0.05) is 10.7 Å². The molecule has 0 saturated carbocycles. The molecule has 0 spiro atoms. The summed E-state index contributed by atoms with van der Waals surface area (Å²) in [5.41, 5.74) is 1.57. The molecule has 0 radical (unpaired) electrons. The molecule has 0 saturated heterocycles. The average Bonchev–Trinajstić information content (AvgIpc) is 2.45. The van der Waals surface area contributed by atoms with Gasteiger partial charge in [0.2, 0.25) is 0 Å². The van der Waals surface area contributed by atoms with Crippen LogP contribution in [0.1, 0.15) is 15.9 Å². The van der Waals surface area contributed by atoms with Crippen LogP contribution in [0, 0.1) is 14.9 Å². The second kappa shape index (κ2) is 6.78. The molecule has 21 heavy (non-hydrogen) atoms. The van der Waals surface area contributed by atoms with E-state index in [9.17, 15) is 9.90 Å². The van der Waals surface area contributed by atoms with Gasteiger partial charge in [-0.25, -0.2) is 0 Å². The number of phenols is 1. The minimum atomic E-state index is -0.444. The molecule has 4 nitrogen and oxygen atoms in total. The van der Waals surface area contributed by atoms with Crippen molar-refractivity contribution in [2.45, 2.75) is 6.42 Å². The summed E-state index contributed by atoms with van der Waals surface area (Å²) in [6.45, 7) is 0. The van der Waals surface area contributed by atoms with Gasteiger partial charge in [0.1, 0.15) is 5.75 Å². The molecule has 0 bridgehead atoms. The van der Waals surface area contributed by atoms with E-state index in [1.165, 1.54) is 6.07 Å². The summed E-state index contributed by atoms with van der Waals surface area (Å²) in [6, 6.07) is 12.0. The summed E-state index contributed by atoms with van der Waals surface area (Å²) in [6.07, 6.45) is 0.321. The van der Waals surface area contributed by atoms with Crippen LogP contribution in [-0.4, -0.2) is 11.0 Å². The number of nitriles is 1. The van der Waals surface area contributed by atoms with Gasteiger partial charge in [0.15, 0.2) is 0 Å². The van der Waals surface area contributed by atoms with E-state index < -0.39 is 5.91 Å². The summed E-state index contributed by atoms with van der Waals surface area (Å²) < 4.78 is 0.509. The zero-order valence-corrected chi connectivity index (χ0v) is 13.6.